The topological polar surface area (TPSA) is 112 Å². The smallest absolute Gasteiger partial charge is 0.269 e. The molecule has 0 aliphatic heterocycles. The highest BCUT2D eigenvalue weighted by Crippen LogP contribution is 2.33. The van der Waals surface area contributed by atoms with Crippen molar-refractivity contribution in [3.63, 3.8) is 0 Å². The normalized spacial score (nSPS) is 11.6. The molecule has 9 heteroatoms. The van der Waals surface area contributed by atoms with Crippen LogP contribution < -0.4 is 11.1 Å². The van der Waals surface area contributed by atoms with Crippen molar-refractivity contribution >= 4 is 38.7 Å². The van der Waals surface area contributed by atoms with Gasteiger partial charge in [-0.05, 0) is 32.9 Å². The summed E-state index contributed by atoms with van der Waals surface area (Å²) in [4.78, 5) is 25.3. The number of nitrogens with zero attached hydrogens (tertiary/aromatic N) is 5. The number of halogens is 1. The largest absolute Gasteiger partial charge is 0.383 e. The predicted molar refractivity (Wildman–Crippen MR) is 124 cm³/mol. The molecule has 3 N–H and O–H groups in total. The molecule has 0 aliphatic rings. The number of amides is 1. The lowest BCUT2D eigenvalue weighted by Crippen LogP contribution is -2.41. The number of fused-ring (bicyclic) bond motifs is 1. The molecule has 8 nitrogen and oxygen atoms in total. The van der Waals surface area contributed by atoms with Gasteiger partial charge in [0.15, 0.2) is 5.65 Å². The molecule has 0 radical (unpaired) electrons. The van der Waals surface area contributed by atoms with Crippen LogP contribution >= 0.6 is 15.9 Å². The van der Waals surface area contributed by atoms with E-state index in [1.165, 1.54) is 6.33 Å². The van der Waals surface area contributed by atoms with Crippen LogP contribution in [0.3, 0.4) is 0 Å². The second-order valence-electron chi connectivity index (χ2n) is 7.94. The highest BCUT2D eigenvalue weighted by Gasteiger charge is 2.28. The van der Waals surface area contributed by atoms with Gasteiger partial charge in [-0.15, -0.1) is 0 Å². The van der Waals surface area contributed by atoms with Crippen LogP contribution in [-0.2, 0) is 5.54 Å². The first-order valence-corrected chi connectivity index (χ1v) is 10.5. The molecule has 4 aromatic rings. The van der Waals surface area contributed by atoms with Crippen LogP contribution in [0.2, 0.25) is 0 Å². The van der Waals surface area contributed by atoms with Crippen molar-refractivity contribution < 1.29 is 4.79 Å². The molecule has 0 saturated heterocycles. The van der Waals surface area contributed by atoms with Crippen molar-refractivity contribution in [2.24, 2.45) is 0 Å². The summed E-state index contributed by atoms with van der Waals surface area (Å²) >= 11 is 3.36. The zero-order valence-corrected chi connectivity index (χ0v) is 19.0. The van der Waals surface area contributed by atoms with E-state index in [0.717, 1.165) is 15.6 Å². The third kappa shape index (κ3) is 4.13. The van der Waals surface area contributed by atoms with Gasteiger partial charge in [0.05, 0.1) is 10.9 Å². The predicted octanol–water partition coefficient (Wildman–Crippen LogP) is 3.71. The number of rotatable bonds is 5. The molecule has 0 atom stereocenters. The number of pyridine rings is 1. The summed E-state index contributed by atoms with van der Waals surface area (Å²) < 4.78 is 2.59. The summed E-state index contributed by atoms with van der Waals surface area (Å²) in [6.45, 7) is 6.30. The van der Waals surface area contributed by atoms with Crippen LogP contribution in [0.25, 0.3) is 22.3 Å². The highest BCUT2D eigenvalue weighted by molar-refractivity contribution is 9.10. The number of aromatic nitrogens is 5. The maximum Gasteiger partial charge on any atom is 0.269 e. The van der Waals surface area contributed by atoms with Crippen LogP contribution in [0.4, 0.5) is 5.82 Å². The van der Waals surface area contributed by atoms with E-state index in [-0.39, 0.29) is 5.91 Å². The van der Waals surface area contributed by atoms with Gasteiger partial charge in [0.25, 0.3) is 5.91 Å². The molecule has 0 aliphatic carbocycles. The Bertz CT molecular complexity index is 1260. The fraction of sp³-hybridized carbons (Fsp3) is 0.227. The minimum absolute atomic E-state index is 0.265. The molecule has 0 unspecified atom stereocenters. The molecule has 31 heavy (non-hydrogen) atoms. The number of nitrogens with two attached hydrogens (primary N) is 1. The lowest BCUT2D eigenvalue weighted by atomic mass is 10.1. The maximum absolute atomic E-state index is 12.6. The number of nitrogens with one attached hydrogen (secondary N) is 1. The molecule has 1 aromatic carbocycles. The van der Waals surface area contributed by atoms with Gasteiger partial charge in [-0.1, -0.05) is 45.8 Å². The van der Waals surface area contributed by atoms with Crippen LogP contribution in [0, 0.1) is 6.92 Å². The zero-order chi connectivity index (χ0) is 22.2. The molecular weight excluding hydrogens is 458 g/mol. The van der Waals surface area contributed by atoms with E-state index in [4.69, 9.17) is 10.8 Å². The van der Waals surface area contributed by atoms with Crippen molar-refractivity contribution in [2.75, 3.05) is 12.3 Å². The number of hydrogen-bond donors (Lipinski definition) is 2. The van der Waals surface area contributed by atoms with Gasteiger partial charge in [0.1, 0.15) is 23.5 Å². The molecule has 0 fully saturated rings. The van der Waals surface area contributed by atoms with Gasteiger partial charge in [-0.2, -0.15) is 5.10 Å². The first-order valence-electron chi connectivity index (χ1n) is 9.73. The molecular formula is C22H22BrN7O. The molecule has 3 heterocycles. The second-order valence-corrected chi connectivity index (χ2v) is 8.85. The van der Waals surface area contributed by atoms with E-state index >= 15 is 0 Å². The number of aryl methyl sites for hydroxylation is 1. The van der Waals surface area contributed by atoms with Gasteiger partial charge in [-0.3, -0.25) is 9.78 Å². The second kappa shape index (κ2) is 8.07. The summed E-state index contributed by atoms with van der Waals surface area (Å²) in [7, 11) is 0. The fourth-order valence-corrected chi connectivity index (χ4v) is 3.64. The number of anilines is 1. The van der Waals surface area contributed by atoms with Crippen LogP contribution in [0.15, 0.2) is 53.4 Å². The Kier molecular flexibility index (Phi) is 5.45. The highest BCUT2D eigenvalue weighted by atomic mass is 79.9. The Morgan fingerprint density at radius 1 is 1.16 bits per heavy atom. The SMILES string of the molecule is Cc1ccc(-c2nn(C(C)(C)CNC(=O)c3cc(Br)ccn3)c3ncnc(N)c23)cc1. The molecule has 0 spiro atoms. The first-order chi connectivity index (χ1) is 14.8. The van der Waals surface area contributed by atoms with Gasteiger partial charge < -0.3 is 11.1 Å². The Hall–Kier alpha value is -3.33. The Labute approximate surface area is 188 Å². The van der Waals surface area contributed by atoms with E-state index in [1.807, 2.05) is 45.0 Å². The number of benzene rings is 1. The van der Waals surface area contributed by atoms with Crippen molar-refractivity contribution in [3.05, 3.63) is 64.7 Å². The molecule has 1 amide bonds. The zero-order valence-electron chi connectivity index (χ0n) is 17.4. The van der Waals surface area contributed by atoms with Crippen LogP contribution in [0.5, 0.6) is 0 Å². The molecule has 158 valence electrons. The lowest BCUT2D eigenvalue weighted by Gasteiger charge is -2.26. The number of nitrogen functional groups attached to an aromatic ring is 1. The van der Waals surface area contributed by atoms with E-state index in [1.54, 1.807) is 23.0 Å². The van der Waals surface area contributed by atoms with Crippen molar-refractivity contribution in [3.8, 4) is 11.3 Å². The quantitative estimate of drug-likeness (QED) is 0.451. The maximum atomic E-state index is 12.6. The third-order valence-electron chi connectivity index (χ3n) is 5.03. The number of carbonyl (C=O) groups is 1. The lowest BCUT2D eigenvalue weighted by molar-refractivity contribution is 0.0931. The molecule has 0 bridgehead atoms. The summed E-state index contributed by atoms with van der Waals surface area (Å²) in [6, 6.07) is 11.5. The molecule has 4 rings (SSSR count). The van der Waals surface area contributed by atoms with Crippen LogP contribution in [-0.4, -0.2) is 37.2 Å². The minimum Gasteiger partial charge on any atom is -0.383 e. The summed E-state index contributed by atoms with van der Waals surface area (Å²) in [6.07, 6.45) is 3.01. The van der Waals surface area contributed by atoms with Crippen molar-refractivity contribution in [2.45, 2.75) is 26.3 Å². The Morgan fingerprint density at radius 3 is 2.61 bits per heavy atom. The Morgan fingerprint density at radius 2 is 1.90 bits per heavy atom. The standard InChI is InChI=1S/C22H22BrN7O/c1-13-4-6-14(7-5-13)18-17-19(24)27-12-28-20(17)30(29-18)22(2,3)11-26-21(31)16-10-15(23)8-9-25-16/h4-10,12H,11H2,1-3H3,(H,26,31)(H2,24,27,28). The minimum atomic E-state index is -0.594. The third-order valence-corrected chi connectivity index (χ3v) is 5.52. The Balaban J connectivity index is 1.70. The van der Waals surface area contributed by atoms with Crippen molar-refractivity contribution in [1.82, 2.24) is 30.0 Å². The summed E-state index contributed by atoms with van der Waals surface area (Å²) in [5.74, 6) is 0.101. The summed E-state index contributed by atoms with van der Waals surface area (Å²) in [5, 5.41) is 8.48. The number of carbonyl (C=O) groups excluding carboxylic acids is 1. The van der Waals surface area contributed by atoms with Crippen LogP contribution in [0.1, 0.15) is 29.9 Å². The van der Waals surface area contributed by atoms with Gasteiger partial charge in [0, 0.05) is 22.8 Å². The fourth-order valence-electron chi connectivity index (χ4n) is 3.30. The average molecular weight is 480 g/mol. The van der Waals surface area contributed by atoms with Gasteiger partial charge >= 0.3 is 0 Å². The van der Waals surface area contributed by atoms with E-state index < -0.39 is 5.54 Å². The molecule has 0 saturated carbocycles. The van der Waals surface area contributed by atoms with E-state index in [2.05, 4.69) is 36.2 Å². The first kappa shape index (κ1) is 20.9. The monoisotopic (exact) mass is 479 g/mol. The van der Waals surface area contributed by atoms with Gasteiger partial charge in [0.2, 0.25) is 0 Å². The average Bonchev–Trinajstić information content (AvgIpc) is 3.15. The van der Waals surface area contributed by atoms with Crippen molar-refractivity contribution in [1.29, 1.82) is 0 Å². The van der Waals surface area contributed by atoms with E-state index in [9.17, 15) is 4.79 Å². The van der Waals surface area contributed by atoms with E-state index in [0.29, 0.717) is 34.8 Å². The van der Waals surface area contributed by atoms with Gasteiger partial charge in [-0.25, -0.2) is 14.6 Å². The molecule has 3 aromatic heterocycles. The summed E-state index contributed by atoms with van der Waals surface area (Å²) in [5.41, 5.74) is 9.35. The number of hydrogen-bond acceptors (Lipinski definition) is 6.